The van der Waals surface area contributed by atoms with Gasteiger partial charge in [0, 0.05) is 32.7 Å². The number of amides is 2. The van der Waals surface area contributed by atoms with Gasteiger partial charge in [-0.15, -0.1) is 0 Å². The number of pyridine rings is 1. The first-order valence-corrected chi connectivity index (χ1v) is 9.04. The van der Waals surface area contributed by atoms with E-state index in [0.717, 1.165) is 45.8 Å². The topological polar surface area (TPSA) is 86.8 Å². The van der Waals surface area contributed by atoms with Crippen molar-refractivity contribution in [2.75, 3.05) is 66.6 Å². The molecule has 8 heteroatoms. The molecule has 1 aromatic rings. The number of nitrogens with one attached hydrogen (secondary N) is 2. The van der Waals surface area contributed by atoms with Crippen LogP contribution in [0.25, 0.3) is 0 Å². The lowest BCUT2D eigenvalue weighted by Gasteiger charge is -2.26. The molecular weight excluding hydrogens is 334 g/mol. The minimum absolute atomic E-state index is 0.257. The van der Waals surface area contributed by atoms with Crippen LogP contribution in [0.4, 0.5) is 0 Å². The standard InChI is InChI=1S/C18H29N5O3/c1-22(2)9-4-7-19-17(24)15-5-3-6-16(21-15)18(25)20-8-10-23-11-13-26-14-12-23/h3,5-6H,4,7-14H2,1-2H3,(H,19,24)(H,20,25). The van der Waals surface area contributed by atoms with Gasteiger partial charge in [0.2, 0.25) is 0 Å². The van der Waals surface area contributed by atoms with Gasteiger partial charge >= 0.3 is 0 Å². The number of hydrogen-bond donors (Lipinski definition) is 2. The number of aromatic nitrogens is 1. The third-order valence-corrected chi connectivity index (χ3v) is 4.10. The fourth-order valence-corrected chi connectivity index (χ4v) is 2.62. The van der Waals surface area contributed by atoms with Crippen LogP contribution in [0.3, 0.4) is 0 Å². The van der Waals surface area contributed by atoms with Crippen LogP contribution in [0.5, 0.6) is 0 Å². The van der Waals surface area contributed by atoms with E-state index < -0.39 is 0 Å². The van der Waals surface area contributed by atoms with Gasteiger partial charge in [0.15, 0.2) is 0 Å². The average molecular weight is 363 g/mol. The highest BCUT2D eigenvalue weighted by Gasteiger charge is 2.13. The van der Waals surface area contributed by atoms with Gasteiger partial charge < -0.3 is 20.3 Å². The summed E-state index contributed by atoms with van der Waals surface area (Å²) in [6.45, 7) is 6.05. The van der Waals surface area contributed by atoms with E-state index in [1.807, 2.05) is 14.1 Å². The number of carbonyl (C=O) groups is 2. The van der Waals surface area contributed by atoms with Gasteiger partial charge in [-0.1, -0.05) is 6.07 Å². The molecule has 0 bridgehead atoms. The fraction of sp³-hybridized carbons (Fsp3) is 0.611. The summed E-state index contributed by atoms with van der Waals surface area (Å²) in [6, 6.07) is 4.91. The Morgan fingerprint density at radius 3 is 2.35 bits per heavy atom. The van der Waals surface area contributed by atoms with Gasteiger partial charge in [0.05, 0.1) is 13.2 Å². The molecule has 1 aromatic heterocycles. The molecule has 1 aliphatic heterocycles. The number of nitrogens with zero attached hydrogens (tertiary/aromatic N) is 3. The van der Waals surface area contributed by atoms with Crippen molar-refractivity contribution >= 4 is 11.8 Å². The van der Waals surface area contributed by atoms with Crippen LogP contribution in [0.15, 0.2) is 18.2 Å². The monoisotopic (exact) mass is 363 g/mol. The molecule has 1 fully saturated rings. The largest absolute Gasteiger partial charge is 0.379 e. The van der Waals surface area contributed by atoms with Gasteiger partial charge in [-0.25, -0.2) is 4.98 Å². The first-order chi connectivity index (χ1) is 12.6. The van der Waals surface area contributed by atoms with Crippen LogP contribution in [0.1, 0.15) is 27.4 Å². The van der Waals surface area contributed by atoms with Crippen molar-refractivity contribution in [2.45, 2.75) is 6.42 Å². The molecule has 1 saturated heterocycles. The smallest absolute Gasteiger partial charge is 0.269 e. The molecule has 0 atom stereocenters. The molecule has 8 nitrogen and oxygen atoms in total. The highest BCUT2D eigenvalue weighted by Crippen LogP contribution is 2.01. The highest BCUT2D eigenvalue weighted by molar-refractivity contribution is 5.96. The van der Waals surface area contributed by atoms with Crippen LogP contribution in [0, 0.1) is 0 Å². The molecule has 0 radical (unpaired) electrons. The first kappa shape index (κ1) is 20.3. The zero-order chi connectivity index (χ0) is 18.8. The van der Waals surface area contributed by atoms with E-state index in [-0.39, 0.29) is 23.2 Å². The average Bonchev–Trinajstić information content (AvgIpc) is 2.66. The predicted molar refractivity (Wildman–Crippen MR) is 99.3 cm³/mol. The molecule has 2 rings (SSSR count). The van der Waals surface area contributed by atoms with E-state index in [0.29, 0.717) is 13.1 Å². The van der Waals surface area contributed by atoms with Crippen LogP contribution in [-0.4, -0.2) is 93.2 Å². The maximum atomic E-state index is 12.2. The van der Waals surface area contributed by atoms with Crippen molar-refractivity contribution < 1.29 is 14.3 Å². The van der Waals surface area contributed by atoms with Crippen LogP contribution in [-0.2, 0) is 4.74 Å². The molecule has 0 spiro atoms. The second-order valence-electron chi connectivity index (χ2n) is 6.53. The number of rotatable bonds is 9. The van der Waals surface area contributed by atoms with Gasteiger partial charge in [-0.3, -0.25) is 14.5 Å². The van der Waals surface area contributed by atoms with Crippen LogP contribution in [0.2, 0.25) is 0 Å². The number of ether oxygens (including phenoxy) is 1. The summed E-state index contributed by atoms with van der Waals surface area (Å²) >= 11 is 0. The molecule has 0 aromatic carbocycles. The summed E-state index contributed by atoms with van der Waals surface area (Å²) in [7, 11) is 3.98. The highest BCUT2D eigenvalue weighted by atomic mass is 16.5. The summed E-state index contributed by atoms with van der Waals surface area (Å²) in [4.78, 5) is 32.9. The Morgan fingerprint density at radius 2 is 1.73 bits per heavy atom. The van der Waals surface area contributed by atoms with Crippen LogP contribution < -0.4 is 10.6 Å². The van der Waals surface area contributed by atoms with Crippen LogP contribution >= 0.6 is 0 Å². The number of hydrogen-bond acceptors (Lipinski definition) is 6. The summed E-state index contributed by atoms with van der Waals surface area (Å²) in [5.41, 5.74) is 0.517. The minimum atomic E-state index is -0.263. The van der Waals surface area contributed by atoms with Crippen molar-refractivity contribution in [1.82, 2.24) is 25.4 Å². The normalized spacial score (nSPS) is 15.0. The molecule has 0 saturated carbocycles. The molecule has 26 heavy (non-hydrogen) atoms. The molecule has 0 unspecified atom stereocenters. The lowest BCUT2D eigenvalue weighted by atomic mass is 10.2. The van der Waals surface area contributed by atoms with Gasteiger partial charge in [-0.2, -0.15) is 0 Å². The Bertz CT molecular complexity index is 588. The Morgan fingerprint density at radius 1 is 1.12 bits per heavy atom. The maximum Gasteiger partial charge on any atom is 0.269 e. The molecule has 2 N–H and O–H groups in total. The Labute approximate surface area is 154 Å². The van der Waals surface area contributed by atoms with Gasteiger partial charge in [0.25, 0.3) is 11.8 Å². The van der Waals surface area contributed by atoms with E-state index in [2.05, 4.69) is 25.4 Å². The Hall–Kier alpha value is -2.03. The summed E-state index contributed by atoms with van der Waals surface area (Å²) in [6.07, 6.45) is 0.862. The maximum absolute atomic E-state index is 12.2. The molecule has 2 heterocycles. The fourth-order valence-electron chi connectivity index (χ4n) is 2.62. The lowest BCUT2D eigenvalue weighted by Crippen LogP contribution is -2.41. The Kier molecular flexibility index (Phi) is 8.46. The minimum Gasteiger partial charge on any atom is -0.379 e. The van der Waals surface area contributed by atoms with E-state index in [4.69, 9.17) is 4.74 Å². The van der Waals surface area contributed by atoms with Crippen molar-refractivity contribution in [3.05, 3.63) is 29.6 Å². The van der Waals surface area contributed by atoms with Crippen molar-refractivity contribution in [1.29, 1.82) is 0 Å². The van der Waals surface area contributed by atoms with E-state index in [1.54, 1.807) is 18.2 Å². The lowest BCUT2D eigenvalue weighted by molar-refractivity contribution is 0.0383. The molecule has 1 aliphatic rings. The summed E-state index contributed by atoms with van der Waals surface area (Å²) in [5.74, 6) is -0.521. The van der Waals surface area contributed by atoms with Gasteiger partial charge in [0.1, 0.15) is 11.4 Å². The van der Waals surface area contributed by atoms with Gasteiger partial charge in [-0.05, 0) is 39.2 Å². The van der Waals surface area contributed by atoms with Crippen molar-refractivity contribution in [3.63, 3.8) is 0 Å². The second-order valence-corrected chi connectivity index (χ2v) is 6.53. The third-order valence-electron chi connectivity index (χ3n) is 4.10. The summed E-state index contributed by atoms with van der Waals surface area (Å²) in [5, 5.41) is 5.68. The van der Waals surface area contributed by atoms with Crippen molar-refractivity contribution in [3.8, 4) is 0 Å². The quantitative estimate of drug-likeness (QED) is 0.592. The zero-order valence-corrected chi connectivity index (χ0v) is 15.7. The van der Waals surface area contributed by atoms with E-state index >= 15 is 0 Å². The van der Waals surface area contributed by atoms with E-state index in [9.17, 15) is 9.59 Å². The predicted octanol–water partition coefficient (Wildman–Crippen LogP) is -0.175. The molecular formula is C18H29N5O3. The second kappa shape index (κ2) is 10.8. The molecule has 144 valence electrons. The third kappa shape index (κ3) is 7.07. The van der Waals surface area contributed by atoms with E-state index in [1.165, 1.54) is 0 Å². The first-order valence-electron chi connectivity index (χ1n) is 9.04. The SMILES string of the molecule is CN(C)CCCNC(=O)c1cccc(C(=O)NCCN2CCOCC2)n1. The summed E-state index contributed by atoms with van der Waals surface area (Å²) < 4.78 is 5.30. The molecule has 2 amide bonds. The molecule has 0 aliphatic carbocycles. The number of morpholine rings is 1. The van der Waals surface area contributed by atoms with Crippen molar-refractivity contribution in [2.24, 2.45) is 0 Å². The number of carbonyl (C=O) groups excluding carboxylic acids is 2. The Balaban J connectivity index is 1.77. The zero-order valence-electron chi connectivity index (χ0n) is 15.7.